The molecule has 16 heavy (non-hydrogen) atoms. The van der Waals surface area contributed by atoms with Crippen LogP contribution in [0, 0.1) is 0 Å². The normalized spacial score (nSPS) is 17.2. The van der Waals surface area contributed by atoms with Crippen LogP contribution in [0.4, 0.5) is 5.69 Å². The molecule has 0 saturated carbocycles. The van der Waals surface area contributed by atoms with Crippen LogP contribution in [-0.4, -0.2) is 32.6 Å². The van der Waals surface area contributed by atoms with E-state index < -0.39 is 0 Å². The summed E-state index contributed by atoms with van der Waals surface area (Å²) in [6, 6.07) is 3.68. The van der Waals surface area contributed by atoms with Crippen molar-refractivity contribution in [2.24, 2.45) is 0 Å². The van der Waals surface area contributed by atoms with E-state index in [2.05, 4.69) is 15.0 Å². The maximum atomic E-state index is 5.71. The summed E-state index contributed by atoms with van der Waals surface area (Å²) < 4.78 is 1.78. The van der Waals surface area contributed by atoms with Gasteiger partial charge in [0.25, 0.3) is 0 Å². The lowest BCUT2D eigenvalue weighted by Gasteiger charge is -2.10. The molecule has 0 aliphatic carbocycles. The average Bonchev–Trinajstić information content (AvgIpc) is 2.86. The molecule has 0 bridgehead atoms. The lowest BCUT2D eigenvalue weighted by molar-refractivity contribution is 0.322. The largest absolute Gasteiger partial charge is 0.399 e. The van der Waals surface area contributed by atoms with E-state index in [1.807, 2.05) is 18.3 Å². The molecule has 1 aliphatic rings. The summed E-state index contributed by atoms with van der Waals surface area (Å²) in [7, 11) is 0. The second-order valence-corrected chi connectivity index (χ2v) is 4.27. The monoisotopic (exact) mass is 217 g/mol. The second kappa shape index (κ2) is 3.75. The van der Waals surface area contributed by atoms with Crippen molar-refractivity contribution >= 4 is 11.3 Å². The highest BCUT2D eigenvalue weighted by atomic mass is 15.3. The number of fused-ring (bicyclic) bond motifs is 1. The molecular formula is C11H15N5. The van der Waals surface area contributed by atoms with Gasteiger partial charge in [-0.1, -0.05) is 0 Å². The van der Waals surface area contributed by atoms with Gasteiger partial charge in [0.15, 0.2) is 11.5 Å². The summed E-state index contributed by atoms with van der Waals surface area (Å²) >= 11 is 0. The SMILES string of the molecule is Nc1ccn2nc(CN3CCCC3)nc2c1. The summed E-state index contributed by atoms with van der Waals surface area (Å²) in [4.78, 5) is 6.85. The fourth-order valence-corrected chi connectivity index (χ4v) is 2.15. The summed E-state index contributed by atoms with van der Waals surface area (Å²) in [5.74, 6) is 0.882. The van der Waals surface area contributed by atoms with E-state index in [4.69, 9.17) is 5.73 Å². The van der Waals surface area contributed by atoms with Gasteiger partial charge in [-0.3, -0.25) is 4.90 Å². The minimum atomic E-state index is 0.729. The van der Waals surface area contributed by atoms with E-state index in [1.54, 1.807) is 4.52 Å². The molecule has 5 heteroatoms. The number of aromatic nitrogens is 3. The van der Waals surface area contributed by atoms with Crippen molar-refractivity contribution in [2.75, 3.05) is 18.8 Å². The number of nitrogen functional groups attached to an aromatic ring is 1. The van der Waals surface area contributed by atoms with Gasteiger partial charge in [-0.2, -0.15) is 0 Å². The molecule has 0 unspecified atom stereocenters. The van der Waals surface area contributed by atoms with Gasteiger partial charge in [0, 0.05) is 18.0 Å². The number of anilines is 1. The predicted octanol–water partition coefficient (Wildman–Crippen LogP) is 0.907. The Balaban J connectivity index is 1.86. The molecule has 2 aromatic heterocycles. The van der Waals surface area contributed by atoms with E-state index in [0.717, 1.165) is 36.8 Å². The molecule has 2 aromatic rings. The summed E-state index contributed by atoms with van der Waals surface area (Å²) in [6.07, 6.45) is 4.44. The van der Waals surface area contributed by atoms with Crippen LogP contribution in [0.15, 0.2) is 18.3 Å². The molecule has 84 valence electrons. The van der Waals surface area contributed by atoms with Crippen molar-refractivity contribution < 1.29 is 0 Å². The molecule has 1 aliphatic heterocycles. The topological polar surface area (TPSA) is 59.5 Å². The third kappa shape index (κ3) is 1.74. The van der Waals surface area contributed by atoms with Crippen molar-refractivity contribution in [1.82, 2.24) is 19.5 Å². The van der Waals surface area contributed by atoms with Crippen molar-refractivity contribution in [2.45, 2.75) is 19.4 Å². The van der Waals surface area contributed by atoms with Gasteiger partial charge >= 0.3 is 0 Å². The Morgan fingerprint density at radius 1 is 1.31 bits per heavy atom. The summed E-state index contributed by atoms with van der Waals surface area (Å²) in [5.41, 5.74) is 7.26. The van der Waals surface area contributed by atoms with E-state index >= 15 is 0 Å². The van der Waals surface area contributed by atoms with Crippen molar-refractivity contribution in [3.8, 4) is 0 Å². The fraction of sp³-hybridized carbons (Fsp3) is 0.455. The van der Waals surface area contributed by atoms with Crippen molar-refractivity contribution in [3.63, 3.8) is 0 Å². The number of likely N-dealkylation sites (tertiary alicyclic amines) is 1. The molecule has 0 atom stereocenters. The first-order valence-corrected chi connectivity index (χ1v) is 5.64. The third-order valence-corrected chi connectivity index (χ3v) is 2.97. The number of rotatable bonds is 2. The predicted molar refractivity (Wildman–Crippen MR) is 61.9 cm³/mol. The number of nitrogens with zero attached hydrogens (tertiary/aromatic N) is 4. The quantitative estimate of drug-likeness (QED) is 0.812. The number of hydrogen-bond acceptors (Lipinski definition) is 4. The maximum absolute atomic E-state index is 5.71. The lowest BCUT2D eigenvalue weighted by atomic mass is 10.4. The minimum Gasteiger partial charge on any atom is -0.399 e. The van der Waals surface area contributed by atoms with Crippen LogP contribution in [0.1, 0.15) is 18.7 Å². The molecule has 0 aromatic carbocycles. The zero-order valence-electron chi connectivity index (χ0n) is 9.13. The molecule has 0 amide bonds. The van der Waals surface area contributed by atoms with Crippen LogP contribution < -0.4 is 5.73 Å². The Bertz CT molecular complexity index is 498. The number of pyridine rings is 1. The number of hydrogen-bond donors (Lipinski definition) is 1. The smallest absolute Gasteiger partial charge is 0.165 e. The standard InChI is InChI=1S/C11H15N5/c12-9-3-6-16-11(7-9)13-10(14-16)8-15-4-1-2-5-15/h3,6-7H,1-2,4-5,8,12H2. The highest BCUT2D eigenvalue weighted by Crippen LogP contribution is 2.12. The van der Waals surface area contributed by atoms with Gasteiger partial charge in [-0.05, 0) is 32.0 Å². The Kier molecular flexibility index (Phi) is 2.25. The van der Waals surface area contributed by atoms with Gasteiger partial charge < -0.3 is 5.73 Å². The molecule has 3 heterocycles. The molecule has 2 N–H and O–H groups in total. The van der Waals surface area contributed by atoms with E-state index in [0.29, 0.717) is 0 Å². The van der Waals surface area contributed by atoms with Gasteiger partial charge in [-0.15, -0.1) is 5.10 Å². The summed E-state index contributed by atoms with van der Waals surface area (Å²) in [5, 5.41) is 4.43. The third-order valence-electron chi connectivity index (χ3n) is 2.97. The first-order valence-electron chi connectivity index (χ1n) is 5.64. The molecule has 1 fully saturated rings. The van der Waals surface area contributed by atoms with E-state index in [9.17, 15) is 0 Å². The highest BCUT2D eigenvalue weighted by molar-refractivity contribution is 5.50. The van der Waals surface area contributed by atoms with E-state index in [1.165, 1.54) is 12.8 Å². The lowest BCUT2D eigenvalue weighted by Crippen LogP contribution is -2.19. The Morgan fingerprint density at radius 3 is 2.94 bits per heavy atom. The molecule has 3 rings (SSSR count). The highest BCUT2D eigenvalue weighted by Gasteiger charge is 2.14. The maximum Gasteiger partial charge on any atom is 0.165 e. The molecule has 5 nitrogen and oxygen atoms in total. The summed E-state index contributed by atoms with van der Waals surface area (Å²) in [6.45, 7) is 3.18. The Labute approximate surface area is 93.9 Å². The molecule has 0 spiro atoms. The van der Waals surface area contributed by atoms with Crippen molar-refractivity contribution in [3.05, 3.63) is 24.2 Å². The van der Waals surface area contributed by atoms with Gasteiger partial charge in [0.05, 0.1) is 6.54 Å². The van der Waals surface area contributed by atoms with Gasteiger partial charge in [0.2, 0.25) is 0 Å². The van der Waals surface area contributed by atoms with Crippen molar-refractivity contribution in [1.29, 1.82) is 0 Å². The molecule has 0 radical (unpaired) electrons. The Hall–Kier alpha value is -1.62. The average molecular weight is 217 g/mol. The second-order valence-electron chi connectivity index (χ2n) is 4.27. The minimum absolute atomic E-state index is 0.729. The van der Waals surface area contributed by atoms with Crippen LogP contribution in [0.3, 0.4) is 0 Å². The first-order chi connectivity index (χ1) is 7.81. The van der Waals surface area contributed by atoms with Crippen LogP contribution >= 0.6 is 0 Å². The fourth-order valence-electron chi connectivity index (χ4n) is 2.15. The molecular weight excluding hydrogens is 202 g/mol. The number of nitrogens with two attached hydrogens (primary N) is 1. The Morgan fingerprint density at radius 2 is 2.12 bits per heavy atom. The zero-order chi connectivity index (χ0) is 11.0. The first kappa shape index (κ1) is 9.59. The van der Waals surface area contributed by atoms with Crippen LogP contribution in [-0.2, 0) is 6.54 Å². The van der Waals surface area contributed by atoms with Gasteiger partial charge in [0.1, 0.15) is 0 Å². The zero-order valence-corrected chi connectivity index (χ0v) is 9.13. The van der Waals surface area contributed by atoms with Crippen LogP contribution in [0.25, 0.3) is 5.65 Å². The van der Waals surface area contributed by atoms with Gasteiger partial charge in [-0.25, -0.2) is 9.50 Å². The van der Waals surface area contributed by atoms with Crippen LogP contribution in [0.2, 0.25) is 0 Å². The van der Waals surface area contributed by atoms with E-state index in [-0.39, 0.29) is 0 Å². The molecule has 1 saturated heterocycles. The van der Waals surface area contributed by atoms with Crippen LogP contribution in [0.5, 0.6) is 0 Å².